The molecule has 7 nitrogen and oxygen atoms in total. The van der Waals surface area contributed by atoms with E-state index >= 15 is 0 Å². The summed E-state index contributed by atoms with van der Waals surface area (Å²) >= 11 is 0. The van der Waals surface area contributed by atoms with Gasteiger partial charge in [0, 0.05) is 5.41 Å². The molecule has 0 aliphatic rings. The Hall–Kier alpha value is -1.92. The van der Waals surface area contributed by atoms with Gasteiger partial charge in [-0.3, -0.25) is 9.89 Å². The Bertz CT molecular complexity index is 447. The van der Waals surface area contributed by atoms with Crippen LogP contribution >= 0.6 is 0 Å². The van der Waals surface area contributed by atoms with Crippen LogP contribution in [0.2, 0.25) is 0 Å². The van der Waals surface area contributed by atoms with Gasteiger partial charge in [-0.1, -0.05) is 20.8 Å². The molecule has 1 atom stereocenters. The number of ether oxygens (including phenoxy) is 1. The largest absolute Gasteiger partial charge is 0.467 e. The van der Waals surface area contributed by atoms with Crippen LogP contribution in [0.3, 0.4) is 0 Å². The quantitative estimate of drug-likeness (QED) is 0.761. The van der Waals surface area contributed by atoms with E-state index in [4.69, 9.17) is 0 Å². The summed E-state index contributed by atoms with van der Waals surface area (Å²) in [5, 5.41) is 8.98. The Morgan fingerprint density at radius 3 is 2.44 bits per heavy atom. The summed E-state index contributed by atoms with van der Waals surface area (Å²) in [4.78, 5) is 27.0. The standard InChI is InChI=1S/C11H18N4O3/c1-6(9(17)18-5)12-8(16)7-13-10(15-14-7)11(2,3)4/h6H,1-5H3,(H,12,16)(H,13,14,15)/t6-/m0/s1. The number of methoxy groups -OCH3 is 1. The lowest BCUT2D eigenvalue weighted by Crippen LogP contribution is -2.39. The third kappa shape index (κ3) is 3.28. The summed E-state index contributed by atoms with van der Waals surface area (Å²) in [6, 6.07) is -0.737. The first-order chi connectivity index (χ1) is 8.25. The molecule has 0 unspecified atom stereocenters. The molecule has 0 saturated heterocycles. The molecule has 0 aliphatic carbocycles. The van der Waals surface area contributed by atoms with Crippen LogP contribution in [0.4, 0.5) is 0 Å². The fourth-order valence-corrected chi connectivity index (χ4v) is 1.20. The van der Waals surface area contributed by atoms with Crippen molar-refractivity contribution in [2.45, 2.75) is 39.2 Å². The summed E-state index contributed by atoms with van der Waals surface area (Å²) in [6.45, 7) is 7.38. The molecule has 1 heterocycles. The van der Waals surface area contributed by atoms with Gasteiger partial charge in [0.1, 0.15) is 11.9 Å². The van der Waals surface area contributed by atoms with Crippen LogP contribution in [0.25, 0.3) is 0 Å². The van der Waals surface area contributed by atoms with Gasteiger partial charge in [-0.15, -0.1) is 5.10 Å². The van der Waals surface area contributed by atoms with Crippen LogP contribution in [0.5, 0.6) is 0 Å². The minimum atomic E-state index is -0.737. The molecular formula is C11H18N4O3. The predicted molar refractivity (Wildman–Crippen MR) is 64.0 cm³/mol. The van der Waals surface area contributed by atoms with Crippen molar-refractivity contribution in [2.24, 2.45) is 0 Å². The average Bonchev–Trinajstić information content (AvgIpc) is 2.76. The lowest BCUT2D eigenvalue weighted by atomic mass is 9.96. The molecule has 18 heavy (non-hydrogen) atoms. The Kier molecular flexibility index (Phi) is 4.05. The summed E-state index contributed by atoms with van der Waals surface area (Å²) in [6.07, 6.45) is 0. The first-order valence-corrected chi connectivity index (χ1v) is 5.57. The van der Waals surface area contributed by atoms with E-state index in [9.17, 15) is 9.59 Å². The van der Waals surface area contributed by atoms with Crippen molar-refractivity contribution in [3.63, 3.8) is 0 Å². The zero-order valence-corrected chi connectivity index (χ0v) is 11.2. The van der Waals surface area contributed by atoms with E-state index in [2.05, 4.69) is 25.2 Å². The lowest BCUT2D eigenvalue weighted by Gasteiger charge is -2.13. The van der Waals surface area contributed by atoms with Crippen molar-refractivity contribution >= 4 is 11.9 Å². The van der Waals surface area contributed by atoms with Crippen molar-refractivity contribution in [3.8, 4) is 0 Å². The van der Waals surface area contributed by atoms with Gasteiger partial charge in [-0.25, -0.2) is 9.78 Å². The Balaban J connectivity index is 2.74. The zero-order valence-electron chi connectivity index (χ0n) is 11.2. The number of hydrogen-bond acceptors (Lipinski definition) is 5. The van der Waals surface area contributed by atoms with Crippen molar-refractivity contribution in [3.05, 3.63) is 11.6 Å². The lowest BCUT2D eigenvalue weighted by molar-refractivity contribution is -0.142. The van der Waals surface area contributed by atoms with Gasteiger partial charge in [0.05, 0.1) is 7.11 Å². The van der Waals surface area contributed by atoms with Gasteiger partial charge in [-0.05, 0) is 6.92 Å². The number of aromatic nitrogens is 3. The SMILES string of the molecule is COC(=O)[C@H](C)NC(=O)c1n[nH]c(C(C)(C)C)n1. The maximum absolute atomic E-state index is 11.8. The fraction of sp³-hybridized carbons (Fsp3) is 0.636. The van der Waals surface area contributed by atoms with Crippen molar-refractivity contribution < 1.29 is 14.3 Å². The molecule has 0 bridgehead atoms. The molecule has 0 radical (unpaired) electrons. The monoisotopic (exact) mass is 254 g/mol. The van der Waals surface area contributed by atoms with Gasteiger partial charge in [0.2, 0.25) is 5.82 Å². The highest BCUT2D eigenvalue weighted by molar-refractivity contribution is 5.93. The van der Waals surface area contributed by atoms with E-state index in [0.717, 1.165) is 0 Å². The second kappa shape index (κ2) is 5.16. The van der Waals surface area contributed by atoms with E-state index in [-0.39, 0.29) is 11.2 Å². The molecule has 0 spiro atoms. The number of carbonyl (C=O) groups excluding carboxylic acids is 2. The second-order valence-electron chi connectivity index (χ2n) is 4.98. The highest BCUT2D eigenvalue weighted by Gasteiger charge is 2.23. The molecule has 1 rings (SSSR count). The van der Waals surface area contributed by atoms with Gasteiger partial charge in [-0.2, -0.15) is 0 Å². The molecule has 0 aliphatic heterocycles. The third-order valence-electron chi connectivity index (χ3n) is 2.30. The summed E-state index contributed by atoms with van der Waals surface area (Å²) in [7, 11) is 1.26. The molecular weight excluding hydrogens is 236 g/mol. The Morgan fingerprint density at radius 2 is 2.00 bits per heavy atom. The molecule has 100 valence electrons. The van der Waals surface area contributed by atoms with Gasteiger partial charge in [0.25, 0.3) is 5.91 Å². The van der Waals surface area contributed by atoms with E-state index < -0.39 is 17.9 Å². The molecule has 0 saturated carbocycles. The molecule has 7 heteroatoms. The maximum Gasteiger partial charge on any atom is 0.328 e. The summed E-state index contributed by atoms with van der Waals surface area (Å²) < 4.78 is 4.51. The number of aromatic amines is 1. The van der Waals surface area contributed by atoms with E-state index in [0.29, 0.717) is 5.82 Å². The predicted octanol–water partition coefficient (Wildman–Crippen LogP) is 0.393. The van der Waals surface area contributed by atoms with Crippen molar-refractivity contribution in [1.29, 1.82) is 0 Å². The zero-order chi connectivity index (χ0) is 13.9. The molecule has 1 aromatic heterocycles. The molecule has 0 fully saturated rings. The number of hydrogen-bond donors (Lipinski definition) is 2. The van der Waals surface area contributed by atoms with E-state index in [1.54, 1.807) is 0 Å². The van der Waals surface area contributed by atoms with Crippen LogP contribution in [0, 0.1) is 0 Å². The number of amides is 1. The smallest absolute Gasteiger partial charge is 0.328 e. The average molecular weight is 254 g/mol. The van der Waals surface area contributed by atoms with Gasteiger partial charge < -0.3 is 10.1 Å². The highest BCUT2D eigenvalue weighted by atomic mass is 16.5. The maximum atomic E-state index is 11.8. The number of nitrogens with one attached hydrogen (secondary N) is 2. The number of H-pyrrole nitrogens is 1. The van der Waals surface area contributed by atoms with Gasteiger partial charge >= 0.3 is 5.97 Å². The normalized spacial score (nSPS) is 12.9. The first-order valence-electron chi connectivity index (χ1n) is 5.57. The fourth-order valence-electron chi connectivity index (χ4n) is 1.20. The van der Waals surface area contributed by atoms with E-state index in [1.807, 2.05) is 20.8 Å². The summed E-state index contributed by atoms with van der Waals surface area (Å²) in [5.74, 6) is -0.413. The minimum Gasteiger partial charge on any atom is -0.467 e. The summed E-state index contributed by atoms with van der Waals surface area (Å²) in [5.41, 5.74) is -0.223. The Labute approximate surface area is 105 Å². The van der Waals surface area contributed by atoms with Crippen LogP contribution in [-0.2, 0) is 14.9 Å². The number of carbonyl (C=O) groups is 2. The van der Waals surface area contributed by atoms with E-state index in [1.165, 1.54) is 14.0 Å². The third-order valence-corrected chi connectivity index (χ3v) is 2.30. The molecule has 2 N–H and O–H groups in total. The van der Waals surface area contributed by atoms with Crippen LogP contribution in [0.15, 0.2) is 0 Å². The molecule has 0 aromatic carbocycles. The topological polar surface area (TPSA) is 97.0 Å². The van der Waals surface area contributed by atoms with Crippen LogP contribution in [-0.4, -0.2) is 40.2 Å². The number of nitrogens with zero attached hydrogens (tertiary/aromatic N) is 2. The molecule has 1 amide bonds. The minimum absolute atomic E-state index is 0.00989. The van der Waals surface area contributed by atoms with Crippen LogP contribution in [0.1, 0.15) is 44.1 Å². The van der Waals surface area contributed by atoms with Crippen molar-refractivity contribution in [2.75, 3.05) is 7.11 Å². The number of esters is 1. The molecule has 1 aromatic rings. The Morgan fingerprint density at radius 1 is 1.39 bits per heavy atom. The van der Waals surface area contributed by atoms with Crippen LogP contribution < -0.4 is 5.32 Å². The second-order valence-corrected chi connectivity index (χ2v) is 4.98. The van der Waals surface area contributed by atoms with Crippen molar-refractivity contribution in [1.82, 2.24) is 20.5 Å². The number of rotatable bonds is 3. The highest BCUT2D eigenvalue weighted by Crippen LogP contribution is 2.17. The van der Waals surface area contributed by atoms with Gasteiger partial charge in [0.15, 0.2) is 0 Å². The first kappa shape index (κ1) is 14.1.